The molecule has 0 saturated carbocycles. The minimum atomic E-state index is -0.141. The SMILES string of the molecule is C=C(OC)C(=O)N1CCN(Cc2ccc(-n3c(-c4cccnc4N)nc4ccc(-c5ccccc5)nc43)cc2)CC1. The average molecular weight is 546 g/mol. The van der Waals surface area contributed by atoms with Crippen LogP contribution in [0.5, 0.6) is 0 Å². The molecule has 2 aromatic carbocycles. The second kappa shape index (κ2) is 11.2. The van der Waals surface area contributed by atoms with Crippen molar-refractivity contribution in [2.75, 3.05) is 39.0 Å². The van der Waals surface area contributed by atoms with E-state index in [1.165, 1.54) is 12.7 Å². The number of anilines is 1. The lowest BCUT2D eigenvalue weighted by atomic mass is 10.1. The van der Waals surface area contributed by atoms with Crippen LogP contribution in [0, 0.1) is 0 Å². The van der Waals surface area contributed by atoms with E-state index in [-0.39, 0.29) is 11.7 Å². The fraction of sp³-hybridized carbons (Fsp3) is 0.188. The molecule has 6 rings (SSSR count). The summed E-state index contributed by atoms with van der Waals surface area (Å²) in [6.45, 7) is 7.33. The Morgan fingerprint density at radius 1 is 0.927 bits per heavy atom. The predicted octanol–water partition coefficient (Wildman–Crippen LogP) is 4.54. The third kappa shape index (κ3) is 5.27. The van der Waals surface area contributed by atoms with Crippen LogP contribution in [0.1, 0.15) is 5.56 Å². The van der Waals surface area contributed by atoms with E-state index in [1.807, 2.05) is 59.2 Å². The quantitative estimate of drug-likeness (QED) is 0.237. The van der Waals surface area contributed by atoms with E-state index in [4.69, 9.17) is 20.4 Å². The van der Waals surface area contributed by atoms with Crippen molar-refractivity contribution in [3.63, 3.8) is 0 Å². The molecule has 41 heavy (non-hydrogen) atoms. The molecule has 206 valence electrons. The number of carbonyl (C=O) groups is 1. The summed E-state index contributed by atoms with van der Waals surface area (Å²) in [5.74, 6) is 1.14. The van der Waals surface area contributed by atoms with E-state index in [0.717, 1.165) is 53.3 Å². The highest BCUT2D eigenvalue weighted by Gasteiger charge is 2.23. The summed E-state index contributed by atoms with van der Waals surface area (Å²) in [5, 5.41) is 0. The standard InChI is InChI=1S/C32H31N7O2/c1-22(41-2)32(40)38-19-17-37(18-20-38)21-23-10-12-25(13-11-23)39-30(26-9-6-16-34-29(26)33)36-28-15-14-27(35-31(28)39)24-7-4-3-5-8-24/h3-16H,1,17-21H2,2H3,(H2,33,34). The molecule has 1 saturated heterocycles. The highest BCUT2D eigenvalue weighted by molar-refractivity contribution is 5.91. The maximum Gasteiger partial charge on any atom is 0.288 e. The van der Waals surface area contributed by atoms with Gasteiger partial charge >= 0.3 is 0 Å². The Labute approximate surface area is 238 Å². The number of piperazine rings is 1. The highest BCUT2D eigenvalue weighted by atomic mass is 16.5. The van der Waals surface area contributed by atoms with Crippen LogP contribution in [0.3, 0.4) is 0 Å². The van der Waals surface area contributed by atoms with Crippen LogP contribution >= 0.6 is 0 Å². The molecule has 5 aromatic rings. The Hall–Kier alpha value is -5.02. The summed E-state index contributed by atoms with van der Waals surface area (Å²) >= 11 is 0. The summed E-state index contributed by atoms with van der Waals surface area (Å²) in [4.78, 5) is 30.8. The van der Waals surface area contributed by atoms with Crippen molar-refractivity contribution >= 4 is 22.9 Å². The third-order valence-corrected chi connectivity index (χ3v) is 7.40. The number of carbonyl (C=O) groups excluding carboxylic acids is 1. The first-order chi connectivity index (χ1) is 20.0. The molecule has 9 heteroatoms. The zero-order chi connectivity index (χ0) is 28.3. The van der Waals surface area contributed by atoms with Crippen LogP contribution in [-0.4, -0.2) is 68.5 Å². The van der Waals surface area contributed by atoms with Gasteiger partial charge in [0.05, 0.1) is 18.4 Å². The smallest absolute Gasteiger partial charge is 0.288 e. The van der Waals surface area contributed by atoms with Crippen LogP contribution in [0.15, 0.2) is 97.4 Å². The number of fused-ring (bicyclic) bond motifs is 1. The van der Waals surface area contributed by atoms with E-state index < -0.39 is 0 Å². The van der Waals surface area contributed by atoms with E-state index in [0.29, 0.717) is 24.7 Å². The zero-order valence-electron chi connectivity index (χ0n) is 22.9. The molecule has 1 aliphatic heterocycles. The molecule has 0 bridgehead atoms. The van der Waals surface area contributed by atoms with Crippen LogP contribution in [-0.2, 0) is 16.1 Å². The lowest BCUT2D eigenvalue weighted by molar-refractivity contribution is -0.132. The van der Waals surface area contributed by atoms with Crippen LogP contribution in [0.4, 0.5) is 5.82 Å². The summed E-state index contributed by atoms with van der Waals surface area (Å²) in [6, 6.07) is 26.3. The van der Waals surface area contributed by atoms with Gasteiger partial charge in [-0.1, -0.05) is 49.0 Å². The first-order valence-corrected chi connectivity index (χ1v) is 13.5. The number of ether oxygens (including phenoxy) is 1. The maximum absolute atomic E-state index is 12.3. The Balaban J connectivity index is 1.30. The predicted molar refractivity (Wildman–Crippen MR) is 160 cm³/mol. The van der Waals surface area contributed by atoms with Crippen LogP contribution in [0.2, 0.25) is 0 Å². The second-order valence-corrected chi connectivity index (χ2v) is 9.97. The number of benzene rings is 2. The first-order valence-electron chi connectivity index (χ1n) is 13.5. The number of amides is 1. The van der Waals surface area contributed by atoms with Crippen LogP contribution < -0.4 is 5.73 Å². The van der Waals surface area contributed by atoms with Gasteiger partial charge in [-0.25, -0.2) is 15.0 Å². The molecule has 1 aliphatic rings. The second-order valence-electron chi connectivity index (χ2n) is 9.97. The van der Waals surface area contributed by atoms with Crippen molar-refractivity contribution in [3.8, 4) is 28.3 Å². The number of methoxy groups -OCH3 is 1. The number of nitrogens with zero attached hydrogens (tertiary/aromatic N) is 6. The molecule has 3 aromatic heterocycles. The van der Waals surface area contributed by atoms with Gasteiger partial charge in [-0.3, -0.25) is 14.3 Å². The molecule has 9 nitrogen and oxygen atoms in total. The number of imidazole rings is 1. The molecule has 0 unspecified atom stereocenters. The van der Waals surface area contributed by atoms with Crippen molar-refractivity contribution < 1.29 is 9.53 Å². The van der Waals surface area contributed by atoms with E-state index >= 15 is 0 Å². The Morgan fingerprint density at radius 2 is 1.68 bits per heavy atom. The normalized spacial score (nSPS) is 13.8. The molecule has 0 atom stereocenters. The number of hydrogen-bond donors (Lipinski definition) is 1. The van der Waals surface area contributed by atoms with Gasteiger partial charge in [0.2, 0.25) is 0 Å². The van der Waals surface area contributed by atoms with E-state index in [9.17, 15) is 4.79 Å². The summed E-state index contributed by atoms with van der Waals surface area (Å²) in [5.41, 5.74) is 12.6. The monoisotopic (exact) mass is 545 g/mol. The number of rotatable bonds is 7. The molecule has 0 spiro atoms. The summed E-state index contributed by atoms with van der Waals surface area (Å²) < 4.78 is 7.06. The summed E-state index contributed by atoms with van der Waals surface area (Å²) in [7, 11) is 1.47. The van der Waals surface area contributed by atoms with Gasteiger partial charge < -0.3 is 15.4 Å². The Morgan fingerprint density at radius 3 is 2.39 bits per heavy atom. The third-order valence-electron chi connectivity index (χ3n) is 7.40. The lowest BCUT2D eigenvalue weighted by Gasteiger charge is -2.34. The topological polar surface area (TPSA) is 102 Å². The maximum atomic E-state index is 12.3. The average Bonchev–Trinajstić information content (AvgIpc) is 3.40. The molecular formula is C32H31N7O2. The fourth-order valence-electron chi connectivity index (χ4n) is 5.14. The lowest BCUT2D eigenvalue weighted by Crippen LogP contribution is -2.48. The minimum absolute atomic E-state index is 0.141. The van der Waals surface area contributed by atoms with E-state index in [1.54, 1.807) is 11.1 Å². The number of pyridine rings is 2. The van der Waals surface area contributed by atoms with Gasteiger partial charge in [0.1, 0.15) is 11.3 Å². The molecule has 1 fully saturated rings. The van der Waals surface area contributed by atoms with Gasteiger partial charge in [0.25, 0.3) is 5.91 Å². The van der Waals surface area contributed by atoms with Gasteiger partial charge in [0, 0.05) is 50.2 Å². The van der Waals surface area contributed by atoms with Crippen LogP contribution in [0.25, 0.3) is 39.5 Å². The minimum Gasteiger partial charge on any atom is -0.492 e. The molecule has 1 amide bonds. The molecule has 0 aliphatic carbocycles. The van der Waals surface area contributed by atoms with Gasteiger partial charge in [-0.15, -0.1) is 0 Å². The molecule has 2 N–H and O–H groups in total. The van der Waals surface area contributed by atoms with Crippen molar-refractivity contribution in [1.29, 1.82) is 0 Å². The van der Waals surface area contributed by atoms with Gasteiger partial charge in [-0.2, -0.15) is 0 Å². The van der Waals surface area contributed by atoms with Crippen molar-refractivity contribution in [1.82, 2.24) is 29.3 Å². The molecule has 4 heterocycles. The Bertz CT molecular complexity index is 1710. The van der Waals surface area contributed by atoms with Crippen molar-refractivity contribution in [2.24, 2.45) is 0 Å². The fourth-order valence-corrected chi connectivity index (χ4v) is 5.14. The number of nitrogen functional groups attached to an aromatic ring is 1. The first kappa shape index (κ1) is 26.2. The number of nitrogens with two attached hydrogens (primary N) is 1. The largest absolute Gasteiger partial charge is 0.492 e. The molecule has 0 radical (unpaired) electrons. The number of aromatic nitrogens is 4. The van der Waals surface area contributed by atoms with Crippen molar-refractivity contribution in [3.05, 3.63) is 103 Å². The van der Waals surface area contributed by atoms with Gasteiger partial charge in [0.15, 0.2) is 17.2 Å². The zero-order valence-corrected chi connectivity index (χ0v) is 22.9. The van der Waals surface area contributed by atoms with Gasteiger partial charge in [-0.05, 0) is 42.0 Å². The molecular weight excluding hydrogens is 514 g/mol. The number of hydrogen-bond acceptors (Lipinski definition) is 7. The van der Waals surface area contributed by atoms with E-state index in [2.05, 4.69) is 40.7 Å². The Kier molecular flexibility index (Phi) is 7.18. The van der Waals surface area contributed by atoms with Crippen molar-refractivity contribution in [2.45, 2.75) is 6.54 Å². The summed E-state index contributed by atoms with van der Waals surface area (Å²) in [6.07, 6.45) is 1.68. The highest BCUT2D eigenvalue weighted by Crippen LogP contribution is 2.31.